The van der Waals surface area contributed by atoms with E-state index < -0.39 is 0 Å². The molecule has 0 radical (unpaired) electrons. The first-order valence-corrected chi connectivity index (χ1v) is 9.97. The molecular formula is C23H26N2O2. The zero-order chi connectivity index (χ0) is 18.4. The van der Waals surface area contributed by atoms with Crippen LogP contribution in [-0.4, -0.2) is 11.6 Å². The van der Waals surface area contributed by atoms with Gasteiger partial charge in [0.15, 0.2) is 0 Å². The van der Waals surface area contributed by atoms with Crippen molar-refractivity contribution in [3.63, 3.8) is 0 Å². The van der Waals surface area contributed by atoms with Crippen LogP contribution in [0.5, 0.6) is 0 Å². The van der Waals surface area contributed by atoms with Gasteiger partial charge in [-0.05, 0) is 72.6 Å². The maximum Gasteiger partial charge on any atom is 0.407 e. The lowest BCUT2D eigenvalue weighted by molar-refractivity contribution is 0.117. The van der Waals surface area contributed by atoms with Gasteiger partial charge in [0.1, 0.15) is 6.61 Å². The maximum atomic E-state index is 12.5. The first-order chi connectivity index (χ1) is 13.1. The van der Waals surface area contributed by atoms with Gasteiger partial charge < -0.3 is 15.8 Å². The first-order valence-electron chi connectivity index (χ1n) is 9.97. The normalized spacial score (nSPS) is 33.2. The molecule has 4 heteroatoms. The molecule has 140 valence electrons. The number of benzene rings is 2. The van der Waals surface area contributed by atoms with Gasteiger partial charge in [-0.25, -0.2) is 4.79 Å². The zero-order valence-corrected chi connectivity index (χ0v) is 15.4. The number of rotatable bonds is 4. The Balaban J connectivity index is 1.25. The third-order valence-corrected chi connectivity index (χ3v) is 7.11. The van der Waals surface area contributed by atoms with Crippen molar-refractivity contribution >= 4 is 11.8 Å². The standard InChI is InChI=1S/C23H26N2O2/c24-20-8-6-16(7-9-20)21-17-10-19-11-18(21)13-23(19,12-17)25-22(26)27-14-15-4-2-1-3-5-15/h1-9,17-19,21H,10-14,24H2,(H,25,26). The molecule has 3 N–H and O–H groups in total. The van der Waals surface area contributed by atoms with Crippen molar-refractivity contribution in [3.8, 4) is 0 Å². The Labute approximate surface area is 160 Å². The largest absolute Gasteiger partial charge is 0.445 e. The van der Waals surface area contributed by atoms with Gasteiger partial charge in [0, 0.05) is 11.2 Å². The van der Waals surface area contributed by atoms with Gasteiger partial charge in [-0.2, -0.15) is 0 Å². The van der Waals surface area contributed by atoms with E-state index in [0.29, 0.717) is 30.3 Å². The number of carbonyl (C=O) groups excluding carboxylic acids is 1. The molecule has 4 nitrogen and oxygen atoms in total. The second-order valence-electron chi connectivity index (χ2n) is 8.63. The van der Waals surface area contributed by atoms with Crippen LogP contribution in [0.4, 0.5) is 10.5 Å². The number of alkyl carbamates (subject to hydrolysis) is 1. The second-order valence-corrected chi connectivity index (χ2v) is 8.63. The van der Waals surface area contributed by atoms with Crippen molar-refractivity contribution in [1.29, 1.82) is 0 Å². The average Bonchev–Trinajstić information content (AvgIpc) is 3.09. The monoisotopic (exact) mass is 362 g/mol. The summed E-state index contributed by atoms with van der Waals surface area (Å²) in [7, 11) is 0. The van der Waals surface area contributed by atoms with Crippen LogP contribution in [-0.2, 0) is 11.3 Å². The van der Waals surface area contributed by atoms with Gasteiger partial charge in [-0.1, -0.05) is 42.5 Å². The van der Waals surface area contributed by atoms with Gasteiger partial charge in [0.25, 0.3) is 0 Å². The van der Waals surface area contributed by atoms with Crippen LogP contribution >= 0.6 is 0 Å². The number of anilines is 1. The average molecular weight is 362 g/mol. The van der Waals surface area contributed by atoms with Crippen LogP contribution in [0.1, 0.15) is 42.7 Å². The fourth-order valence-corrected chi connectivity index (χ4v) is 6.16. The molecule has 4 aliphatic carbocycles. The molecular weight excluding hydrogens is 336 g/mol. The Morgan fingerprint density at radius 1 is 1.04 bits per heavy atom. The zero-order valence-electron chi connectivity index (χ0n) is 15.4. The Morgan fingerprint density at radius 2 is 1.70 bits per heavy atom. The minimum absolute atomic E-state index is 0.0482. The van der Waals surface area contributed by atoms with E-state index >= 15 is 0 Å². The molecule has 2 atom stereocenters. The quantitative estimate of drug-likeness (QED) is 0.789. The summed E-state index contributed by atoms with van der Waals surface area (Å²) in [4.78, 5) is 12.5. The molecule has 4 saturated carbocycles. The summed E-state index contributed by atoms with van der Waals surface area (Å²) in [6, 6.07) is 18.3. The smallest absolute Gasteiger partial charge is 0.407 e. The molecule has 0 aliphatic heterocycles. The van der Waals surface area contributed by atoms with E-state index in [0.717, 1.165) is 24.1 Å². The first kappa shape index (κ1) is 16.7. The van der Waals surface area contributed by atoms with Gasteiger partial charge >= 0.3 is 6.09 Å². The molecule has 2 aromatic rings. The van der Waals surface area contributed by atoms with E-state index in [1.807, 2.05) is 42.5 Å². The number of nitrogens with one attached hydrogen (secondary N) is 1. The van der Waals surface area contributed by atoms with E-state index in [1.165, 1.54) is 18.4 Å². The van der Waals surface area contributed by atoms with Crippen molar-refractivity contribution in [3.05, 3.63) is 65.7 Å². The van der Waals surface area contributed by atoms with Gasteiger partial charge in [0.2, 0.25) is 0 Å². The molecule has 1 amide bonds. The van der Waals surface area contributed by atoms with Crippen LogP contribution in [0, 0.1) is 17.8 Å². The van der Waals surface area contributed by atoms with E-state index in [2.05, 4.69) is 17.4 Å². The summed E-state index contributed by atoms with van der Waals surface area (Å²) >= 11 is 0. The minimum Gasteiger partial charge on any atom is -0.445 e. The van der Waals surface area contributed by atoms with Crippen molar-refractivity contribution in [1.82, 2.24) is 5.32 Å². The molecule has 4 fully saturated rings. The molecule has 4 aliphatic rings. The van der Waals surface area contributed by atoms with Crippen LogP contribution in [0.3, 0.4) is 0 Å². The highest BCUT2D eigenvalue weighted by Gasteiger charge is 2.62. The topological polar surface area (TPSA) is 64.3 Å². The Bertz CT molecular complexity index is 817. The van der Waals surface area contributed by atoms with E-state index in [9.17, 15) is 4.79 Å². The van der Waals surface area contributed by atoms with Gasteiger partial charge in [-0.3, -0.25) is 0 Å². The lowest BCUT2D eigenvalue weighted by Gasteiger charge is -2.39. The predicted octanol–water partition coefficient (Wildman–Crippen LogP) is 4.47. The third-order valence-electron chi connectivity index (χ3n) is 7.11. The molecule has 2 aromatic carbocycles. The fraction of sp³-hybridized carbons (Fsp3) is 0.435. The number of nitrogens with two attached hydrogens (primary N) is 1. The predicted molar refractivity (Wildman–Crippen MR) is 105 cm³/mol. The number of hydrogen-bond acceptors (Lipinski definition) is 3. The summed E-state index contributed by atoms with van der Waals surface area (Å²) in [5.41, 5.74) is 9.07. The van der Waals surface area contributed by atoms with E-state index in [-0.39, 0.29) is 11.6 Å². The summed E-state index contributed by atoms with van der Waals surface area (Å²) in [6.07, 6.45) is 4.30. The van der Waals surface area contributed by atoms with Crippen LogP contribution in [0.2, 0.25) is 0 Å². The molecule has 0 aromatic heterocycles. The van der Waals surface area contributed by atoms with Gasteiger partial charge in [-0.15, -0.1) is 0 Å². The molecule has 0 spiro atoms. The molecule has 0 saturated heterocycles. The summed E-state index contributed by atoms with van der Waals surface area (Å²) in [5.74, 6) is 2.52. The molecule has 6 rings (SSSR count). The highest BCUT2D eigenvalue weighted by atomic mass is 16.5. The number of nitrogen functional groups attached to an aromatic ring is 1. The Morgan fingerprint density at radius 3 is 2.37 bits per heavy atom. The number of carbonyl (C=O) groups is 1. The van der Waals surface area contributed by atoms with Crippen LogP contribution in [0.15, 0.2) is 54.6 Å². The van der Waals surface area contributed by atoms with E-state index in [1.54, 1.807) is 0 Å². The highest BCUT2D eigenvalue weighted by Crippen LogP contribution is 2.65. The minimum atomic E-state index is -0.268. The van der Waals surface area contributed by atoms with E-state index in [4.69, 9.17) is 10.5 Å². The van der Waals surface area contributed by atoms with Crippen LogP contribution < -0.4 is 11.1 Å². The van der Waals surface area contributed by atoms with Gasteiger partial charge in [0.05, 0.1) is 0 Å². The van der Waals surface area contributed by atoms with Crippen molar-refractivity contribution in [2.24, 2.45) is 17.8 Å². The number of amides is 1. The lowest BCUT2D eigenvalue weighted by Crippen LogP contribution is -2.50. The molecule has 0 heterocycles. The second kappa shape index (κ2) is 6.29. The lowest BCUT2D eigenvalue weighted by atomic mass is 9.68. The third kappa shape index (κ3) is 2.88. The van der Waals surface area contributed by atoms with Crippen molar-refractivity contribution in [2.75, 3.05) is 5.73 Å². The summed E-state index contributed by atoms with van der Waals surface area (Å²) in [6.45, 7) is 0.328. The fourth-order valence-electron chi connectivity index (χ4n) is 6.16. The summed E-state index contributed by atoms with van der Waals surface area (Å²) < 4.78 is 5.50. The SMILES string of the molecule is Nc1ccc(C2C3CC4CC2CC4(NC(=O)OCc2ccccc2)C3)cc1. The van der Waals surface area contributed by atoms with Crippen molar-refractivity contribution < 1.29 is 9.53 Å². The van der Waals surface area contributed by atoms with Crippen molar-refractivity contribution in [2.45, 2.75) is 43.7 Å². The number of hydrogen-bond donors (Lipinski definition) is 2. The van der Waals surface area contributed by atoms with Crippen LogP contribution in [0.25, 0.3) is 0 Å². The maximum absolute atomic E-state index is 12.5. The highest BCUT2D eigenvalue weighted by molar-refractivity contribution is 5.68. The molecule has 27 heavy (non-hydrogen) atoms. The number of ether oxygens (including phenoxy) is 1. The summed E-state index contributed by atoms with van der Waals surface area (Å²) in [5, 5.41) is 3.29. The Kier molecular flexibility index (Phi) is 3.88. The molecule has 4 bridgehead atoms. The Hall–Kier alpha value is -2.49. The molecule has 2 unspecified atom stereocenters.